The van der Waals surface area contributed by atoms with Gasteiger partial charge in [0.05, 0.1) is 13.2 Å². The van der Waals surface area contributed by atoms with E-state index in [4.69, 9.17) is 24.3 Å². The van der Waals surface area contributed by atoms with Gasteiger partial charge in [-0.15, -0.1) is 0 Å². The van der Waals surface area contributed by atoms with Crippen molar-refractivity contribution >= 4 is 19.8 Å². The minimum absolute atomic E-state index is 0.0474. The average Bonchev–Trinajstić information content (AvgIpc) is 3.24. The van der Waals surface area contributed by atoms with Crippen LogP contribution in [0.15, 0.2) is 72.9 Å². The lowest BCUT2D eigenvalue weighted by Gasteiger charge is -2.19. The minimum atomic E-state index is -4.39. The smallest absolute Gasteiger partial charge is 0.462 e. The van der Waals surface area contributed by atoms with Gasteiger partial charge in [-0.2, -0.15) is 0 Å². The molecule has 10 heteroatoms. The van der Waals surface area contributed by atoms with Crippen LogP contribution in [0.2, 0.25) is 0 Å². The summed E-state index contributed by atoms with van der Waals surface area (Å²) in [6, 6.07) is 0. The van der Waals surface area contributed by atoms with Gasteiger partial charge in [0.2, 0.25) is 0 Å². The molecule has 346 valence electrons. The summed E-state index contributed by atoms with van der Waals surface area (Å²) in [5.74, 6) is -0.849. The van der Waals surface area contributed by atoms with E-state index in [9.17, 15) is 19.0 Å². The predicted octanol–water partition coefficient (Wildman–Crippen LogP) is 14.2. The molecule has 0 radical (unpaired) electrons. The quantitative estimate of drug-likeness (QED) is 0.0266. The van der Waals surface area contributed by atoms with Crippen molar-refractivity contribution in [1.82, 2.24) is 0 Å². The molecule has 0 saturated carbocycles. The number of rotatable bonds is 44. The molecule has 0 rings (SSSR count). The molecule has 3 N–H and O–H groups in total. The summed E-state index contributed by atoms with van der Waals surface area (Å²) in [5, 5.41) is 0. The number of phosphoric acid groups is 1. The molecule has 0 aromatic carbocycles. The normalized spacial score (nSPS) is 13.9. The van der Waals surface area contributed by atoms with Crippen LogP contribution in [0.25, 0.3) is 0 Å². The number of esters is 2. The van der Waals surface area contributed by atoms with Gasteiger partial charge in [-0.05, 0) is 83.5 Å². The summed E-state index contributed by atoms with van der Waals surface area (Å²) < 4.78 is 32.9. The average molecular weight is 862 g/mol. The Morgan fingerprint density at radius 3 is 1.37 bits per heavy atom. The highest BCUT2D eigenvalue weighted by atomic mass is 31.2. The van der Waals surface area contributed by atoms with E-state index >= 15 is 0 Å². The number of nitrogens with two attached hydrogens (primary N) is 1. The Morgan fingerprint density at radius 1 is 0.517 bits per heavy atom. The van der Waals surface area contributed by atoms with Gasteiger partial charge in [-0.3, -0.25) is 18.6 Å². The van der Waals surface area contributed by atoms with Crippen molar-refractivity contribution in [1.29, 1.82) is 0 Å². The van der Waals surface area contributed by atoms with Gasteiger partial charge in [0.1, 0.15) is 6.61 Å². The van der Waals surface area contributed by atoms with Crippen molar-refractivity contribution < 1.29 is 37.6 Å². The Hall–Kier alpha value is -2.55. The van der Waals surface area contributed by atoms with Crippen LogP contribution in [0.1, 0.15) is 200 Å². The van der Waals surface area contributed by atoms with Crippen LogP contribution >= 0.6 is 7.82 Å². The van der Waals surface area contributed by atoms with Crippen LogP contribution in [-0.2, 0) is 32.7 Å². The van der Waals surface area contributed by atoms with Crippen molar-refractivity contribution in [3.63, 3.8) is 0 Å². The molecule has 60 heavy (non-hydrogen) atoms. The molecule has 0 spiro atoms. The van der Waals surface area contributed by atoms with Crippen molar-refractivity contribution in [2.45, 2.75) is 206 Å². The fourth-order valence-electron chi connectivity index (χ4n) is 6.30. The van der Waals surface area contributed by atoms with Crippen LogP contribution < -0.4 is 5.73 Å². The lowest BCUT2D eigenvalue weighted by molar-refractivity contribution is -0.161. The molecule has 0 aliphatic carbocycles. The fourth-order valence-corrected chi connectivity index (χ4v) is 7.07. The first-order valence-electron chi connectivity index (χ1n) is 23.9. The second kappa shape index (κ2) is 46.0. The summed E-state index contributed by atoms with van der Waals surface area (Å²) in [6.45, 7) is 3.59. The number of carbonyl (C=O) groups excluding carboxylic acids is 2. The first kappa shape index (κ1) is 57.4. The van der Waals surface area contributed by atoms with Gasteiger partial charge in [-0.25, -0.2) is 4.57 Å². The van der Waals surface area contributed by atoms with Crippen LogP contribution in [0.3, 0.4) is 0 Å². The molecule has 2 atom stereocenters. The second-order valence-electron chi connectivity index (χ2n) is 15.6. The number of allylic oxidation sites excluding steroid dienone is 12. The van der Waals surface area contributed by atoms with Gasteiger partial charge < -0.3 is 20.1 Å². The first-order chi connectivity index (χ1) is 29.3. The Kier molecular flexibility index (Phi) is 44.0. The Balaban J connectivity index is 4.13. The molecule has 0 bridgehead atoms. The zero-order chi connectivity index (χ0) is 43.9. The zero-order valence-corrected chi connectivity index (χ0v) is 39.1. The van der Waals surface area contributed by atoms with E-state index in [1.807, 2.05) is 0 Å². The number of hydrogen-bond acceptors (Lipinski definition) is 8. The number of hydrogen-bond donors (Lipinski definition) is 2. The van der Waals surface area contributed by atoms with Gasteiger partial charge in [0.15, 0.2) is 6.10 Å². The summed E-state index contributed by atoms with van der Waals surface area (Å²) in [4.78, 5) is 35.0. The number of unbranched alkanes of at least 4 members (excludes halogenated alkanes) is 19. The third-order valence-electron chi connectivity index (χ3n) is 9.83. The summed E-state index contributed by atoms with van der Waals surface area (Å²) in [7, 11) is -4.39. The highest BCUT2D eigenvalue weighted by molar-refractivity contribution is 7.47. The molecular weight excluding hydrogens is 774 g/mol. The van der Waals surface area contributed by atoms with E-state index < -0.39 is 32.5 Å². The Labute approximate surface area is 367 Å². The third kappa shape index (κ3) is 45.0. The summed E-state index contributed by atoms with van der Waals surface area (Å²) in [5.41, 5.74) is 5.36. The van der Waals surface area contributed by atoms with Crippen molar-refractivity contribution in [3.05, 3.63) is 72.9 Å². The lowest BCUT2D eigenvalue weighted by Crippen LogP contribution is -2.29. The Bertz CT molecular complexity index is 1210. The van der Waals surface area contributed by atoms with Crippen molar-refractivity contribution in [2.75, 3.05) is 26.4 Å². The first-order valence-corrected chi connectivity index (χ1v) is 25.4. The molecule has 9 nitrogen and oxygen atoms in total. The van der Waals surface area contributed by atoms with Crippen molar-refractivity contribution in [2.24, 2.45) is 5.73 Å². The molecule has 0 heterocycles. The molecule has 0 aliphatic rings. The molecule has 0 aromatic rings. The number of carbonyl (C=O) groups is 2. The second-order valence-corrected chi connectivity index (χ2v) is 17.0. The van der Waals surface area contributed by atoms with Crippen LogP contribution in [0, 0.1) is 0 Å². The standard InChI is InChI=1S/C50H88NO8P/c1-3-5-7-9-11-13-15-17-19-21-23-24-25-27-29-31-33-35-37-39-41-43-50(53)59-48(47-58-60(54,55)57-45-44-51)46-56-49(52)42-40-38-36-34-32-30-28-26-22-20-18-16-14-12-10-8-6-4-2/h5,7,11,13-14,16-17,19-20,22-24,48H,3-4,6,8-10,12,15,18,21,25-47,51H2,1-2H3,(H,54,55)/b7-5-,13-11-,16-14-,19-17-,22-20-,24-23-. The van der Waals surface area contributed by atoms with Gasteiger partial charge in [0, 0.05) is 19.4 Å². The van der Waals surface area contributed by atoms with Crippen molar-refractivity contribution in [3.8, 4) is 0 Å². The minimum Gasteiger partial charge on any atom is -0.462 e. The SMILES string of the molecule is CC/C=C\C/C=C\C/C=C\C/C=C\CCCCCCCCCCC(=O)OC(COC(=O)CCCCCCCCC/C=C\C/C=C\CCCCCC)COP(=O)(O)OCCN. The van der Waals surface area contributed by atoms with Gasteiger partial charge in [0.25, 0.3) is 0 Å². The summed E-state index contributed by atoms with van der Waals surface area (Å²) in [6.07, 6.45) is 56.4. The highest BCUT2D eigenvalue weighted by Crippen LogP contribution is 2.43. The van der Waals surface area contributed by atoms with Crippen LogP contribution in [0.5, 0.6) is 0 Å². The van der Waals surface area contributed by atoms with E-state index in [1.54, 1.807) is 0 Å². The van der Waals surface area contributed by atoms with E-state index in [0.29, 0.717) is 6.42 Å². The largest absolute Gasteiger partial charge is 0.472 e. The number of ether oxygens (including phenoxy) is 2. The Morgan fingerprint density at radius 2 is 0.917 bits per heavy atom. The van der Waals surface area contributed by atoms with Gasteiger partial charge >= 0.3 is 19.8 Å². The molecule has 0 saturated heterocycles. The topological polar surface area (TPSA) is 134 Å². The van der Waals surface area contributed by atoms with Gasteiger partial charge in [-0.1, -0.05) is 177 Å². The molecular formula is C50H88NO8P. The lowest BCUT2D eigenvalue weighted by atomic mass is 10.1. The molecule has 0 fully saturated rings. The van der Waals surface area contributed by atoms with E-state index in [2.05, 4.69) is 86.8 Å². The zero-order valence-electron chi connectivity index (χ0n) is 38.2. The van der Waals surface area contributed by atoms with E-state index in [-0.39, 0.29) is 32.6 Å². The maximum atomic E-state index is 12.6. The maximum absolute atomic E-state index is 12.6. The summed E-state index contributed by atoms with van der Waals surface area (Å²) >= 11 is 0. The fraction of sp³-hybridized carbons (Fsp3) is 0.720. The molecule has 0 aromatic heterocycles. The third-order valence-corrected chi connectivity index (χ3v) is 10.8. The maximum Gasteiger partial charge on any atom is 0.472 e. The van der Waals surface area contributed by atoms with E-state index in [0.717, 1.165) is 89.9 Å². The molecule has 0 amide bonds. The van der Waals surface area contributed by atoms with E-state index in [1.165, 1.54) is 77.0 Å². The number of phosphoric ester groups is 1. The monoisotopic (exact) mass is 862 g/mol. The van der Waals surface area contributed by atoms with Crippen LogP contribution in [0.4, 0.5) is 0 Å². The molecule has 0 aliphatic heterocycles. The predicted molar refractivity (Wildman–Crippen MR) is 252 cm³/mol. The highest BCUT2D eigenvalue weighted by Gasteiger charge is 2.26. The van der Waals surface area contributed by atoms with Crippen LogP contribution in [-0.4, -0.2) is 49.3 Å². The molecule has 2 unspecified atom stereocenters.